The van der Waals surface area contributed by atoms with Gasteiger partial charge in [0.2, 0.25) is 0 Å². The molecule has 0 aliphatic heterocycles. The van der Waals surface area contributed by atoms with Gasteiger partial charge in [-0.2, -0.15) is 0 Å². The van der Waals surface area contributed by atoms with E-state index in [0.29, 0.717) is 0 Å². The van der Waals surface area contributed by atoms with Crippen molar-refractivity contribution in [3.05, 3.63) is 41.0 Å². The number of rotatable bonds is 0. The van der Waals surface area contributed by atoms with Crippen molar-refractivity contribution in [2.75, 3.05) is 0 Å². The first-order chi connectivity index (χ1) is 6.47. The van der Waals surface area contributed by atoms with Gasteiger partial charge in [-0.1, -0.05) is 44.2 Å². The highest BCUT2D eigenvalue weighted by molar-refractivity contribution is 5.42. The Kier molecular flexibility index (Phi) is 3.97. The average Bonchev–Trinajstić information content (AvgIpc) is 2.45. The molecule has 0 bridgehead atoms. The molecule has 0 saturated carbocycles. The van der Waals surface area contributed by atoms with Crippen LogP contribution < -0.4 is 10.6 Å². The van der Waals surface area contributed by atoms with Crippen LogP contribution in [0.2, 0.25) is 0 Å². The zero-order chi connectivity index (χ0) is 9.52. The van der Waals surface area contributed by atoms with Gasteiger partial charge < -0.3 is 0 Å². The third-order valence-corrected chi connectivity index (χ3v) is 1.73. The van der Waals surface area contributed by atoms with E-state index in [1.165, 1.54) is 5.22 Å². The normalized spacial score (nSPS) is 12.5. The number of pyridine rings is 1. The van der Waals surface area contributed by atoms with Crippen LogP contribution in [-0.2, 0) is 0 Å². The van der Waals surface area contributed by atoms with E-state index < -0.39 is 0 Å². The number of hydrogen-bond acceptors (Lipinski definition) is 1. The van der Waals surface area contributed by atoms with Gasteiger partial charge in [0.25, 0.3) is 0 Å². The summed E-state index contributed by atoms with van der Waals surface area (Å²) in [7, 11) is 0. The highest BCUT2D eigenvalue weighted by atomic mass is 14.6. The van der Waals surface area contributed by atoms with Gasteiger partial charge in [0, 0.05) is 6.20 Å². The van der Waals surface area contributed by atoms with Gasteiger partial charge in [0.1, 0.15) is 0 Å². The fraction of sp³-hybridized carbons (Fsp3) is 0.250. The fourth-order valence-corrected chi connectivity index (χ4v) is 1.17. The molecule has 1 nitrogen and oxygen atoms in total. The van der Waals surface area contributed by atoms with Crippen LogP contribution in [0.5, 0.6) is 0 Å². The summed E-state index contributed by atoms with van der Waals surface area (Å²) in [6.07, 6.45) is 11.2. The maximum Gasteiger partial charge on any atom is 0.0665 e. The molecule has 1 heteroatoms. The third kappa shape index (κ3) is 2.55. The van der Waals surface area contributed by atoms with E-state index in [1.807, 2.05) is 26.1 Å². The maximum absolute atomic E-state index is 4.25. The molecule has 1 heterocycles. The predicted octanol–water partition coefficient (Wildman–Crippen LogP) is 1.63. The highest BCUT2D eigenvalue weighted by Crippen LogP contribution is 1.86. The van der Waals surface area contributed by atoms with Crippen LogP contribution in [0.25, 0.3) is 12.2 Å². The number of aromatic nitrogens is 1. The van der Waals surface area contributed by atoms with Gasteiger partial charge in [-0.05, 0) is 17.7 Å². The topological polar surface area (TPSA) is 12.9 Å². The van der Waals surface area contributed by atoms with Gasteiger partial charge >= 0.3 is 0 Å². The molecule has 1 aromatic rings. The second-order valence-corrected chi connectivity index (χ2v) is 2.51. The molecule has 2 rings (SSSR count). The minimum Gasteiger partial charge on any atom is -0.257 e. The van der Waals surface area contributed by atoms with Crippen molar-refractivity contribution < 1.29 is 0 Å². The Bertz CT molecular complexity index is 388. The number of nitrogens with zero attached hydrogens (tertiary/aromatic N) is 1. The SMILES string of the molecule is C1=CCC=c2ncccc2=C1.CC. The summed E-state index contributed by atoms with van der Waals surface area (Å²) in [5, 5.41) is 2.30. The first-order valence-electron chi connectivity index (χ1n) is 4.75. The van der Waals surface area contributed by atoms with Crippen molar-refractivity contribution >= 4 is 12.2 Å². The van der Waals surface area contributed by atoms with Crippen molar-refractivity contribution in [2.24, 2.45) is 0 Å². The third-order valence-electron chi connectivity index (χ3n) is 1.73. The van der Waals surface area contributed by atoms with E-state index in [-0.39, 0.29) is 0 Å². The number of hydrogen-bond donors (Lipinski definition) is 0. The molecule has 0 radical (unpaired) electrons. The quantitative estimate of drug-likeness (QED) is 0.581. The van der Waals surface area contributed by atoms with E-state index in [4.69, 9.17) is 0 Å². The molecule has 1 aliphatic carbocycles. The Morgan fingerprint density at radius 3 is 3.00 bits per heavy atom. The molecule has 0 fully saturated rings. The first kappa shape index (κ1) is 9.72. The van der Waals surface area contributed by atoms with Crippen molar-refractivity contribution in [1.82, 2.24) is 4.98 Å². The Balaban J connectivity index is 0.000000396. The number of allylic oxidation sites excluding steroid dienone is 2. The summed E-state index contributed by atoms with van der Waals surface area (Å²) in [5.41, 5.74) is 0. The van der Waals surface area contributed by atoms with Gasteiger partial charge in [-0.25, -0.2) is 0 Å². The lowest BCUT2D eigenvalue weighted by Crippen LogP contribution is -2.26. The lowest BCUT2D eigenvalue weighted by molar-refractivity contribution is 1.21. The Morgan fingerprint density at radius 1 is 1.31 bits per heavy atom. The molecule has 1 aromatic heterocycles. The summed E-state index contributed by atoms with van der Waals surface area (Å²) < 4.78 is 0. The van der Waals surface area contributed by atoms with Crippen molar-refractivity contribution in [3.63, 3.8) is 0 Å². The molecule has 68 valence electrons. The molecular formula is C12H15N. The molecule has 0 saturated heterocycles. The van der Waals surface area contributed by atoms with Gasteiger partial charge in [-0.15, -0.1) is 0 Å². The van der Waals surface area contributed by atoms with Crippen LogP contribution in [0.3, 0.4) is 0 Å². The minimum atomic E-state index is 0.987. The second kappa shape index (κ2) is 5.31. The monoisotopic (exact) mass is 173 g/mol. The van der Waals surface area contributed by atoms with E-state index in [0.717, 1.165) is 11.8 Å². The zero-order valence-electron chi connectivity index (χ0n) is 8.20. The summed E-state index contributed by atoms with van der Waals surface area (Å²) in [6, 6.07) is 4.04. The summed E-state index contributed by atoms with van der Waals surface area (Å²) >= 11 is 0. The van der Waals surface area contributed by atoms with Crippen molar-refractivity contribution in [3.8, 4) is 0 Å². The Morgan fingerprint density at radius 2 is 2.15 bits per heavy atom. The molecule has 0 spiro atoms. The van der Waals surface area contributed by atoms with Crippen molar-refractivity contribution in [2.45, 2.75) is 20.3 Å². The fourth-order valence-electron chi connectivity index (χ4n) is 1.17. The Hall–Kier alpha value is -1.37. The second-order valence-electron chi connectivity index (χ2n) is 2.51. The van der Waals surface area contributed by atoms with E-state index in [2.05, 4.69) is 35.4 Å². The van der Waals surface area contributed by atoms with Crippen LogP contribution >= 0.6 is 0 Å². The summed E-state index contributed by atoms with van der Waals surface area (Å²) in [4.78, 5) is 4.25. The molecule has 1 aliphatic rings. The molecule has 0 N–H and O–H groups in total. The lowest BCUT2D eigenvalue weighted by Gasteiger charge is -1.84. The molecule has 13 heavy (non-hydrogen) atoms. The molecule has 0 amide bonds. The molecule has 0 aromatic carbocycles. The average molecular weight is 173 g/mol. The van der Waals surface area contributed by atoms with E-state index >= 15 is 0 Å². The molecule has 0 atom stereocenters. The first-order valence-corrected chi connectivity index (χ1v) is 4.75. The van der Waals surface area contributed by atoms with Gasteiger partial charge in [0.05, 0.1) is 5.35 Å². The van der Waals surface area contributed by atoms with Crippen LogP contribution in [0.15, 0.2) is 30.5 Å². The van der Waals surface area contributed by atoms with E-state index in [1.54, 1.807) is 0 Å². The van der Waals surface area contributed by atoms with Crippen LogP contribution in [0.4, 0.5) is 0 Å². The number of fused-ring (bicyclic) bond motifs is 1. The van der Waals surface area contributed by atoms with Crippen LogP contribution in [0, 0.1) is 0 Å². The Labute approximate surface area is 79.1 Å². The van der Waals surface area contributed by atoms with Gasteiger partial charge in [0.15, 0.2) is 0 Å². The maximum atomic E-state index is 4.25. The molecular weight excluding hydrogens is 158 g/mol. The van der Waals surface area contributed by atoms with Crippen LogP contribution in [-0.4, -0.2) is 4.98 Å². The lowest BCUT2D eigenvalue weighted by atomic mass is 10.3. The summed E-state index contributed by atoms with van der Waals surface area (Å²) in [6.45, 7) is 4.00. The largest absolute Gasteiger partial charge is 0.257 e. The highest BCUT2D eigenvalue weighted by Gasteiger charge is 1.85. The summed E-state index contributed by atoms with van der Waals surface area (Å²) in [5.74, 6) is 0. The standard InChI is InChI=1S/C10H9N.C2H6/c1-2-5-9-6-4-8-11-10(9)7-3-1;1-2/h1-2,4-8H,3H2;1-2H3. The zero-order valence-corrected chi connectivity index (χ0v) is 8.20. The van der Waals surface area contributed by atoms with Gasteiger partial charge in [-0.3, -0.25) is 4.98 Å². The van der Waals surface area contributed by atoms with Crippen molar-refractivity contribution in [1.29, 1.82) is 0 Å². The predicted molar refractivity (Wildman–Crippen MR) is 57.5 cm³/mol. The smallest absolute Gasteiger partial charge is 0.0665 e. The minimum absolute atomic E-state index is 0.987. The molecule has 0 unspecified atom stereocenters. The van der Waals surface area contributed by atoms with Crippen LogP contribution in [0.1, 0.15) is 20.3 Å². The van der Waals surface area contributed by atoms with E-state index in [9.17, 15) is 0 Å².